The van der Waals surface area contributed by atoms with Gasteiger partial charge < -0.3 is 0 Å². The van der Waals surface area contributed by atoms with Crippen molar-refractivity contribution in [3.63, 3.8) is 0 Å². The Bertz CT molecular complexity index is 953. The van der Waals surface area contributed by atoms with Crippen LogP contribution in [-0.4, -0.2) is 18.2 Å². The van der Waals surface area contributed by atoms with E-state index in [-0.39, 0.29) is 21.5 Å². The summed E-state index contributed by atoms with van der Waals surface area (Å²) in [5.41, 5.74) is 1.85. The predicted octanol–water partition coefficient (Wildman–Crippen LogP) is 3.72. The summed E-state index contributed by atoms with van der Waals surface area (Å²) < 4.78 is 29.4. The van der Waals surface area contributed by atoms with Crippen molar-refractivity contribution in [1.29, 1.82) is 0 Å². The summed E-state index contributed by atoms with van der Waals surface area (Å²) in [6.45, 7) is 0.720. The van der Waals surface area contributed by atoms with Crippen LogP contribution in [0.15, 0.2) is 65.8 Å². The molecule has 0 atom stereocenters. The maximum Gasteiger partial charge on any atom is 0.240 e. The number of hydrogen-bond donors (Lipinski definition) is 1. The van der Waals surface area contributed by atoms with Gasteiger partial charge in [-0.05, 0) is 35.4 Å². The molecule has 3 aromatic rings. The smallest absolute Gasteiger partial charge is 0.240 e. The Hall–Kier alpha value is -1.86. The minimum absolute atomic E-state index is 0.0366. The number of aromatic nitrogens is 2. The molecule has 0 aliphatic carbocycles. The molecule has 0 saturated heterocycles. The second-order valence-electron chi connectivity index (χ2n) is 5.40. The molecular formula is C17H15Cl2N3O2S. The van der Waals surface area contributed by atoms with Crippen molar-refractivity contribution in [2.24, 2.45) is 0 Å². The highest BCUT2D eigenvalue weighted by atomic mass is 35.5. The Labute approximate surface area is 156 Å². The van der Waals surface area contributed by atoms with Gasteiger partial charge in [-0.3, -0.25) is 4.68 Å². The number of sulfonamides is 1. The first-order valence-corrected chi connectivity index (χ1v) is 9.68. The van der Waals surface area contributed by atoms with E-state index in [1.807, 2.05) is 36.5 Å². The molecule has 0 amide bonds. The van der Waals surface area contributed by atoms with Crippen molar-refractivity contribution in [2.45, 2.75) is 18.0 Å². The Morgan fingerprint density at radius 1 is 1.00 bits per heavy atom. The summed E-state index contributed by atoms with van der Waals surface area (Å²) in [5, 5.41) is 4.72. The van der Waals surface area contributed by atoms with E-state index in [0.717, 1.165) is 11.1 Å². The molecule has 2 aromatic carbocycles. The standard InChI is InChI=1S/C17H15Cl2N3O2S/c18-15-8-16(19)10-17(9-15)25(23,24)21-11-13-4-1-2-5-14(13)12-22-7-3-6-20-22/h1-10,21H,11-12H2. The molecule has 0 aliphatic rings. The molecule has 1 aromatic heterocycles. The Kier molecular flexibility index (Phi) is 5.44. The van der Waals surface area contributed by atoms with E-state index in [0.29, 0.717) is 6.54 Å². The third kappa shape index (κ3) is 4.61. The summed E-state index contributed by atoms with van der Waals surface area (Å²) in [7, 11) is -3.72. The largest absolute Gasteiger partial charge is 0.268 e. The van der Waals surface area contributed by atoms with E-state index in [4.69, 9.17) is 23.2 Å². The van der Waals surface area contributed by atoms with Gasteiger partial charge in [0, 0.05) is 29.0 Å². The fourth-order valence-corrected chi connectivity index (χ4v) is 4.12. The lowest BCUT2D eigenvalue weighted by atomic mass is 10.1. The van der Waals surface area contributed by atoms with Crippen molar-refractivity contribution in [2.75, 3.05) is 0 Å². The normalized spacial score (nSPS) is 11.6. The van der Waals surface area contributed by atoms with E-state index in [9.17, 15) is 8.42 Å². The van der Waals surface area contributed by atoms with Gasteiger partial charge in [-0.15, -0.1) is 0 Å². The highest BCUT2D eigenvalue weighted by molar-refractivity contribution is 7.89. The van der Waals surface area contributed by atoms with Crippen molar-refractivity contribution in [1.82, 2.24) is 14.5 Å². The zero-order valence-electron chi connectivity index (χ0n) is 13.1. The Morgan fingerprint density at radius 2 is 1.68 bits per heavy atom. The summed E-state index contributed by atoms with van der Waals surface area (Å²) in [5.74, 6) is 0. The Morgan fingerprint density at radius 3 is 2.32 bits per heavy atom. The number of nitrogens with zero attached hydrogens (tertiary/aromatic N) is 2. The first-order chi connectivity index (χ1) is 11.9. The summed E-state index contributed by atoms with van der Waals surface area (Å²) in [4.78, 5) is 0.0366. The van der Waals surface area contributed by atoms with Gasteiger partial charge in [-0.2, -0.15) is 5.10 Å². The van der Waals surface area contributed by atoms with Gasteiger partial charge in [0.25, 0.3) is 0 Å². The lowest BCUT2D eigenvalue weighted by molar-refractivity contribution is 0.580. The molecule has 25 heavy (non-hydrogen) atoms. The molecule has 1 heterocycles. The second-order valence-corrected chi connectivity index (χ2v) is 8.04. The van der Waals surface area contributed by atoms with Crippen LogP contribution < -0.4 is 4.72 Å². The maximum atomic E-state index is 12.5. The zero-order valence-corrected chi connectivity index (χ0v) is 15.4. The van der Waals surface area contributed by atoms with E-state index in [1.54, 1.807) is 10.9 Å². The van der Waals surface area contributed by atoms with Gasteiger partial charge in [0.15, 0.2) is 0 Å². The quantitative estimate of drug-likeness (QED) is 0.691. The molecule has 130 valence electrons. The topological polar surface area (TPSA) is 64.0 Å². The van der Waals surface area contributed by atoms with Crippen LogP contribution in [0.1, 0.15) is 11.1 Å². The molecule has 0 spiro atoms. The van der Waals surface area contributed by atoms with Crippen molar-refractivity contribution < 1.29 is 8.42 Å². The fraction of sp³-hybridized carbons (Fsp3) is 0.118. The molecule has 0 bridgehead atoms. The summed E-state index contributed by atoms with van der Waals surface area (Å²) in [6.07, 6.45) is 3.56. The van der Waals surface area contributed by atoms with Gasteiger partial charge in [-0.1, -0.05) is 47.5 Å². The minimum atomic E-state index is -3.72. The van der Waals surface area contributed by atoms with E-state index >= 15 is 0 Å². The summed E-state index contributed by atoms with van der Waals surface area (Å²) >= 11 is 11.8. The van der Waals surface area contributed by atoms with Crippen LogP contribution in [0.3, 0.4) is 0 Å². The van der Waals surface area contributed by atoms with Crippen molar-refractivity contribution >= 4 is 33.2 Å². The molecule has 0 radical (unpaired) electrons. The lowest BCUT2D eigenvalue weighted by Crippen LogP contribution is -2.24. The van der Waals surface area contributed by atoms with Gasteiger partial charge in [0.1, 0.15) is 0 Å². The van der Waals surface area contributed by atoms with Gasteiger partial charge in [0.05, 0.1) is 11.4 Å². The van der Waals surface area contributed by atoms with Crippen LogP contribution in [0.4, 0.5) is 0 Å². The average molecular weight is 396 g/mol. The van der Waals surface area contributed by atoms with E-state index in [1.165, 1.54) is 18.2 Å². The molecule has 0 saturated carbocycles. The number of halogens is 2. The van der Waals surface area contributed by atoms with Crippen LogP contribution in [0.25, 0.3) is 0 Å². The minimum Gasteiger partial charge on any atom is -0.268 e. The molecule has 0 aliphatic heterocycles. The van der Waals surface area contributed by atoms with Gasteiger partial charge in [-0.25, -0.2) is 13.1 Å². The molecule has 0 fully saturated rings. The molecule has 8 heteroatoms. The van der Waals surface area contributed by atoms with Crippen LogP contribution >= 0.6 is 23.2 Å². The Balaban J connectivity index is 1.79. The molecular weight excluding hydrogens is 381 g/mol. The van der Waals surface area contributed by atoms with Crippen LogP contribution in [0.5, 0.6) is 0 Å². The number of benzene rings is 2. The molecule has 5 nitrogen and oxygen atoms in total. The van der Waals surface area contributed by atoms with Gasteiger partial charge in [0.2, 0.25) is 10.0 Å². The van der Waals surface area contributed by atoms with Gasteiger partial charge >= 0.3 is 0 Å². The predicted molar refractivity (Wildman–Crippen MR) is 98.3 cm³/mol. The molecule has 3 rings (SSSR count). The van der Waals surface area contributed by atoms with Crippen LogP contribution in [0.2, 0.25) is 10.0 Å². The summed E-state index contributed by atoms with van der Waals surface area (Å²) in [6, 6.07) is 13.7. The van der Waals surface area contributed by atoms with Crippen molar-refractivity contribution in [3.05, 3.63) is 82.1 Å². The number of nitrogens with one attached hydrogen (secondary N) is 1. The third-order valence-electron chi connectivity index (χ3n) is 3.61. The first-order valence-electron chi connectivity index (χ1n) is 7.44. The van der Waals surface area contributed by atoms with Crippen LogP contribution in [0, 0.1) is 0 Å². The fourth-order valence-electron chi connectivity index (χ4n) is 2.39. The SMILES string of the molecule is O=S(=O)(NCc1ccccc1Cn1cccn1)c1cc(Cl)cc(Cl)c1. The number of rotatable bonds is 6. The van der Waals surface area contributed by atoms with E-state index < -0.39 is 10.0 Å². The average Bonchev–Trinajstić information content (AvgIpc) is 3.06. The highest BCUT2D eigenvalue weighted by Crippen LogP contribution is 2.22. The zero-order chi connectivity index (χ0) is 17.9. The monoisotopic (exact) mass is 395 g/mol. The first kappa shape index (κ1) is 17.9. The maximum absolute atomic E-state index is 12.5. The van der Waals surface area contributed by atoms with E-state index in [2.05, 4.69) is 9.82 Å². The highest BCUT2D eigenvalue weighted by Gasteiger charge is 2.16. The van der Waals surface area contributed by atoms with Crippen LogP contribution in [-0.2, 0) is 23.1 Å². The molecule has 1 N–H and O–H groups in total. The third-order valence-corrected chi connectivity index (χ3v) is 5.43. The number of hydrogen-bond acceptors (Lipinski definition) is 3. The molecule has 0 unspecified atom stereocenters. The van der Waals surface area contributed by atoms with Crippen molar-refractivity contribution in [3.8, 4) is 0 Å². The lowest BCUT2D eigenvalue weighted by Gasteiger charge is -2.12. The second kappa shape index (κ2) is 7.58.